The minimum absolute atomic E-state index is 0.369. The summed E-state index contributed by atoms with van der Waals surface area (Å²) in [6.07, 6.45) is 6.58. The number of aromatic nitrogens is 3. The molecule has 1 fully saturated rings. The second kappa shape index (κ2) is 3.46. The topological polar surface area (TPSA) is 56.7 Å². The van der Waals surface area contributed by atoms with Crippen molar-refractivity contribution < 1.29 is 0 Å². The molecule has 1 aliphatic rings. The zero-order valence-electron chi connectivity index (χ0n) is 7.98. The Hall–Kier alpha value is -0.900. The highest BCUT2D eigenvalue weighted by Crippen LogP contribution is 2.30. The van der Waals surface area contributed by atoms with Gasteiger partial charge in [-0.3, -0.25) is 4.68 Å². The molecule has 2 N–H and O–H groups in total. The highest BCUT2D eigenvalue weighted by molar-refractivity contribution is 5.05. The van der Waals surface area contributed by atoms with Gasteiger partial charge in [-0.25, -0.2) is 0 Å². The molecule has 0 saturated heterocycles. The van der Waals surface area contributed by atoms with Gasteiger partial charge in [-0.05, 0) is 19.3 Å². The van der Waals surface area contributed by atoms with Crippen LogP contribution in [0.3, 0.4) is 0 Å². The summed E-state index contributed by atoms with van der Waals surface area (Å²) in [6.45, 7) is 0. The summed E-state index contributed by atoms with van der Waals surface area (Å²) >= 11 is 0. The summed E-state index contributed by atoms with van der Waals surface area (Å²) in [5.41, 5.74) is 7.16. The molecule has 4 nitrogen and oxygen atoms in total. The molecule has 0 amide bonds. The van der Waals surface area contributed by atoms with Crippen LogP contribution in [0.4, 0.5) is 0 Å². The molecule has 1 aromatic rings. The van der Waals surface area contributed by atoms with E-state index in [1.54, 1.807) is 0 Å². The zero-order valence-corrected chi connectivity index (χ0v) is 7.98. The van der Waals surface area contributed by atoms with Crippen molar-refractivity contribution in [2.45, 2.75) is 37.6 Å². The Balaban J connectivity index is 2.12. The predicted octanol–water partition coefficient (Wildman–Crippen LogP) is 0.800. The van der Waals surface area contributed by atoms with E-state index in [0.29, 0.717) is 12.0 Å². The molecule has 1 aromatic heterocycles. The van der Waals surface area contributed by atoms with Crippen LogP contribution in [-0.4, -0.2) is 21.0 Å². The van der Waals surface area contributed by atoms with Crippen LogP contribution in [-0.2, 0) is 7.05 Å². The van der Waals surface area contributed by atoms with Crippen LogP contribution < -0.4 is 5.73 Å². The summed E-state index contributed by atoms with van der Waals surface area (Å²) in [6, 6.07) is 0.369. The van der Waals surface area contributed by atoms with Gasteiger partial charge in [0.25, 0.3) is 0 Å². The Bertz CT molecular complexity index is 281. The number of hydrogen-bond acceptors (Lipinski definition) is 3. The van der Waals surface area contributed by atoms with Gasteiger partial charge in [0.2, 0.25) is 0 Å². The smallest absolute Gasteiger partial charge is 0.0727 e. The fourth-order valence-electron chi connectivity index (χ4n) is 2.16. The first-order chi connectivity index (χ1) is 6.27. The molecule has 0 spiro atoms. The van der Waals surface area contributed by atoms with Crippen molar-refractivity contribution >= 4 is 0 Å². The molecule has 0 radical (unpaired) electrons. The Morgan fingerprint density at radius 2 is 2.38 bits per heavy atom. The molecular formula is C9H16N4. The third-order valence-electron chi connectivity index (χ3n) is 2.88. The van der Waals surface area contributed by atoms with Crippen LogP contribution in [0.2, 0.25) is 0 Å². The van der Waals surface area contributed by atoms with E-state index < -0.39 is 0 Å². The lowest BCUT2D eigenvalue weighted by Crippen LogP contribution is -2.27. The van der Waals surface area contributed by atoms with Crippen molar-refractivity contribution in [2.75, 3.05) is 0 Å². The van der Waals surface area contributed by atoms with E-state index in [0.717, 1.165) is 6.42 Å². The lowest BCUT2D eigenvalue weighted by Gasteiger charge is -2.25. The molecule has 2 unspecified atom stereocenters. The Morgan fingerprint density at radius 1 is 1.54 bits per heavy atom. The van der Waals surface area contributed by atoms with Crippen molar-refractivity contribution in [1.82, 2.24) is 15.0 Å². The molecule has 1 aliphatic carbocycles. The maximum atomic E-state index is 5.93. The molecule has 2 rings (SSSR count). The maximum Gasteiger partial charge on any atom is 0.0727 e. The van der Waals surface area contributed by atoms with Crippen LogP contribution in [0.5, 0.6) is 0 Å². The lowest BCUT2D eigenvalue weighted by atomic mass is 9.84. The average molecular weight is 180 g/mol. The third kappa shape index (κ3) is 1.72. The minimum atomic E-state index is 0.369. The molecule has 4 heteroatoms. The van der Waals surface area contributed by atoms with Crippen LogP contribution in [0.25, 0.3) is 0 Å². The normalized spacial score (nSPS) is 29.1. The van der Waals surface area contributed by atoms with Crippen LogP contribution in [0, 0.1) is 0 Å². The van der Waals surface area contributed by atoms with E-state index in [1.165, 1.54) is 25.0 Å². The number of nitrogens with two attached hydrogens (primary N) is 1. The highest BCUT2D eigenvalue weighted by atomic mass is 15.4. The third-order valence-corrected chi connectivity index (χ3v) is 2.88. The van der Waals surface area contributed by atoms with Crippen molar-refractivity contribution in [3.8, 4) is 0 Å². The highest BCUT2D eigenvalue weighted by Gasteiger charge is 2.22. The van der Waals surface area contributed by atoms with Gasteiger partial charge in [-0.15, -0.1) is 5.10 Å². The van der Waals surface area contributed by atoms with Crippen LogP contribution >= 0.6 is 0 Å². The molecule has 72 valence electrons. The van der Waals surface area contributed by atoms with Crippen molar-refractivity contribution in [3.63, 3.8) is 0 Å². The molecular weight excluding hydrogens is 164 g/mol. The number of rotatable bonds is 1. The Kier molecular flexibility index (Phi) is 2.31. The van der Waals surface area contributed by atoms with Gasteiger partial charge in [0.1, 0.15) is 0 Å². The first kappa shape index (κ1) is 8.69. The summed E-state index contributed by atoms with van der Waals surface area (Å²) in [5.74, 6) is 0.573. The van der Waals surface area contributed by atoms with E-state index in [1.807, 2.05) is 17.9 Å². The molecule has 0 aliphatic heterocycles. The van der Waals surface area contributed by atoms with Gasteiger partial charge in [0.05, 0.1) is 11.9 Å². The number of aryl methyl sites for hydroxylation is 1. The predicted molar refractivity (Wildman–Crippen MR) is 50.2 cm³/mol. The number of nitrogens with zero attached hydrogens (tertiary/aromatic N) is 3. The maximum absolute atomic E-state index is 5.93. The molecule has 1 saturated carbocycles. The molecule has 13 heavy (non-hydrogen) atoms. The number of hydrogen-bond donors (Lipinski definition) is 1. The van der Waals surface area contributed by atoms with E-state index in [4.69, 9.17) is 5.73 Å². The Labute approximate surface area is 78.1 Å². The lowest BCUT2D eigenvalue weighted by molar-refractivity contribution is 0.379. The molecule has 2 atom stereocenters. The van der Waals surface area contributed by atoms with Crippen molar-refractivity contribution in [3.05, 3.63) is 11.9 Å². The fourth-order valence-corrected chi connectivity index (χ4v) is 2.16. The Morgan fingerprint density at radius 3 is 3.00 bits per heavy atom. The van der Waals surface area contributed by atoms with Gasteiger partial charge in [0, 0.05) is 19.0 Å². The van der Waals surface area contributed by atoms with Gasteiger partial charge in [-0.2, -0.15) is 0 Å². The van der Waals surface area contributed by atoms with E-state index >= 15 is 0 Å². The average Bonchev–Trinajstić information content (AvgIpc) is 2.51. The summed E-state index contributed by atoms with van der Waals surface area (Å²) in [4.78, 5) is 0. The van der Waals surface area contributed by atoms with Gasteiger partial charge < -0.3 is 5.73 Å². The summed E-state index contributed by atoms with van der Waals surface area (Å²) in [5, 5.41) is 7.84. The first-order valence-electron chi connectivity index (χ1n) is 4.87. The van der Waals surface area contributed by atoms with Gasteiger partial charge >= 0.3 is 0 Å². The fraction of sp³-hybridized carbons (Fsp3) is 0.778. The van der Waals surface area contributed by atoms with Gasteiger partial charge in [0.15, 0.2) is 0 Å². The summed E-state index contributed by atoms with van der Waals surface area (Å²) in [7, 11) is 1.95. The van der Waals surface area contributed by atoms with Crippen LogP contribution in [0.15, 0.2) is 6.20 Å². The van der Waals surface area contributed by atoms with E-state index in [9.17, 15) is 0 Å². The molecule has 0 aromatic carbocycles. The van der Waals surface area contributed by atoms with Crippen molar-refractivity contribution in [1.29, 1.82) is 0 Å². The van der Waals surface area contributed by atoms with Gasteiger partial charge in [-0.1, -0.05) is 11.6 Å². The van der Waals surface area contributed by atoms with E-state index in [2.05, 4.69) is 10.3 Å². The molecule has 0 bridgehead atoms. The first-order valence-corrected chi connectivity index (χ1v) is 4.87. The van der Waals surface area contributed by atoms with Crippen molar-refractivity contribution in [2.24, 2.45) is 12.8 Å². The second-order valence-corrected chi connectivity index (χ2v) is 3.91. The largest absolute Gasteiger partial charge is 0.328 e. The standard InChI is InChI=1S/C9H16N4/c1-13-9(6-11-12-13)7-3-2-4-8(10)5-7/h6-8H,2-5,10H2,1H3. The minimum Gasteiger partial charge on any atom is -0.328 e. The second-order valence-electron chi connectivity index (χ2n) is 3.91. The zero-order chi connectivity index (χ0) is 9.26. The monoisotopic (exact) mass is 180 g/mol. The quantitative estimate of drug-likeness (QED) is 0.695. The molecule has 1 heterocycles. The van der Waals surface area contributed by atoms with E-state index in [-0.39, 0.29) is 0 Å². The van der Waals surface area contributed by atoms with Crippen LogP contribution in [0.1, 0.15) is 37.3 Å². The summed E-state index contributed by atoms with van der Waals surface area (Å²) < 4.78 is 1.86. The SMILES string of the molecule is Cn1nncc1C1CCCC(N)C1.